The van der Waals surface area contributed by atoms with E-state index in [1.165, 1.54) is 21.8 Å². The van der Waals surface area contributed by atoms with Gasteiger partial charge in [0.15, 0.2) is 5.69 Å². The summed E-state index contributed by atoms with van der Waals surface area (Å²) in [6, 6.07) is 54.5. The Hall–Kier alpha value is -6.88. The van der Waals surface area contributed by atoms with Crippen LogP contribution in [0.5, 0.6) is 0 Å². The van der Waals surface area contributed by atoms with Gasteiger partial charge in [0.05, 0.1) is 35.2 Å². The lowest BCUT2D eigenvalue weighted by molar-refractivity contribution is 1.18. The fraction of sp³-hybridized carbons (Fsp3) is 0. The van der Waals surface area contributed by atoms with Crippen molar-refractivity contribution >= 4 is 55.0 Å². The number of aromatic nitrogens is 2. The normalized spacial score (nSPS) is 11.3. The zero-order valence-corrected chi connectivity index (χ0v) is 25.8. The van der Waals surface area contributed by atoms with Gasteiger partial charge < -0.3 is 9.13 Å². The molecule has 0 unspecified atom stereocenters. The van der Waals surface area contributed by atoms with Crippen molar-refractivity contribution in [3.05, 3.63) is 181 Å². The second kappa shape index (κ2) is 10.9. The predicted octanol–water partition coefficient (Wildman–Crippen LogP) is 12.3. The zero-order chi connectivity index (χ0) is 32.2. The molecule has 0 spiro atoms. The minimum Gasteiger partial charge on any atom is -0.320 e. The van der Waals surface area contributed by atoms with Crippen LogP contribution >= 0.6 is 0 Å². The molecule has 9 aromatic rings. The maximum Gasteiger partial charge on any atom is 0.211 e. The summed E-state index contributed by atoms with van der Waals surface area (Å²) in [7, 11) is 0. The van der Waals surface area contributed by atoms with Gasteiger partial charge in [0, 0.05) is 33.1 Å². The van der Waals surface area contributed by atoms with Crippen molar-refractivity contribution < 1.29 is 0 Å². The van der Waals surface area contributed by atoms with Crippen molar-refractivity contribution in [2.45, 2.75) is 0 Å². The molecule has 0 aliphatic carbocycles. The summed E-state index contributed by atoms with van der Waals surface area (Å²) in [4.78, 5) is 7.67. The van der Waals surface area contributed by atoms with Crippen LogP contribution in [0.15, 0.2) is 158 Å². The van der Waals surface area contributed by atoms with Crippen LogP contribution in [0.1, 0.15) is 0 Å². The van der Waals surface area contributed by atoms with Gasteiger partial charge in [0.1, 0.15) is 0 Å². The SMILES string of the molecule is [C-]#[N+]c1ccc(-c2ccc(-c3cccc(-n4c5ccccc5c5ccccc54)c3)cc2)c(-n2c3ccccc3c3cccc([N+]#[C-])c32)c1. The second-order valence-electron chi connectivity index (χ2n) is 11.9. The van der Waals surface area contributed by atoms with Crippen LogP contribution in [0.2, 0.25) is 0 Å². The van der Waals surface area contributed by atoms with E-state index in [-0.39, 0.29) is 0 Å². The molecule has 0 amide bonds. The van der Waals surface area contributed by atoms with Gasteiger partial charge in [-0.25, -0.2) is 9.69 Å². The first kappa shape index (κ1) is 27.4. The lowest BCUT2D eigenvalue weighted by Crippen LogP contribution is -1.97. The average Bonchev–Trinajstić information content (AvgIpc) is 3.68. The third-order valence-electron chi connectivity index (χ3n) is 9.36. The van der Waals surface area contributed by atoms with Crippen LogP contribution in [0, 0.1) is 13.1 Å². The number of rotatable bonds is 4. The first-order chi connectivity index (χ1) is 23.7. The molecule has 0 atom stereocenters. The Labute approximate surface area is 277 Å². The standard InChI is InChI=1S/C44H26N4/c1-45-32-25-26-34(43(28-32)48-42-20-8-5-15-37(42)38-16-10-17-39(46-2)44(38)48)30-23-21-29(22-24-30)31-11-9-12-33(27-31)47-40-18-6-3-13-35(40)36-14-4-7-19-41(36)47/h3-28H. The molecule has 2 heterocycles. The highest BCUT2D eigenvalue weighted by atomic mass is 15.0. The zero-order valence-electron chi connectivity index (χ0n) is 25.8. The van der Waals surface area contributed by atoms with Crippen LogP contribution in [0.4, 0.5) is 11.4 Å². The van der Waals surface area contributed by atoms with Gasteiger partial charge in [0.2, 0.25) is 5.69 Å². The summed E-state index contributed by atoms with van der Waals surface area (Å²) in [6.07, 6.45) is 0. The molecule has 2 aromatic heterocycles. The van der Waals surface area contributed by atoms with Crippen molar-refractivity contribution in [2.75, 3.05) is 0 Å². The molecule has 222 valence electrons. The Bertz CT molecular complexity index is 2750. The minimum atomic E-state index is 0.554. The van der Waals surface area contributed by atoms with Crippen LogP contribution in [0.25, 0.3) is 86.9 Å². The largest absolute Gasteiger partial charge is 0.320 e. The molecular formula is C44H26N4. The Kier molecular flexibility index (Phi) is 6.22. The Morgan fingerprint density at radius 2 is 1.00 bits per heavy atom. The van der Waals surface area contributed by atoms with E-state index in [1.807, 2.05) is 42.5 Å². The lowest BCUT2D eigenvalue weighted by Gasteiger charge is -2.16. The smallest absolute Gasteiger partial charge is 0.211 e. The molecule has 0 aliphatic heterocycles. The quantitative estimate of drug-likeness (QED) is 0.177. The fourth-order valence-electron chi connectivity index (χ4n) is 7.23. The molecule has 0 saturated carbocycles. The molecule has 0 N–H and O–H groups in total. The molecule has 0 bridgehead atoms. The molecule has 9 rings (SSSR count). The molecule has 7 aromatic carbocycles. The Morgan fingerprint density at radius 1 is 0.417 bits per heavy atom. The molecule has 4 heteroatoms. The summed E-state index contributed by atoms with van der Waals surface area (Å²) in [5.41, 5.74) is 11.7. The maximum absolute atomic E-state index is 7.96. The number of benzene rings is 7. The number of para-hydroxylation sites is 4. The third kappa shape index (κ3) is 4.14. The summed E-state index contributed by atoms with van der Waals surface area (Å²) in [6.45, 7) is 15.8. The summed E-state index contributed by atoms with van der Waals surface area (Å²) in [5.74, 6) is 0. The van der Waals surface area contributed by atoms with E-state index in [0.29, 0.717) is 11.4 Å². The highest BCUT2D eigenvalue weighted by molar-refractivity contribution is 6.14. The first-order valence-electron chi connectivity index (χ1n) is 15.8. The first-order valence-corrected chi connectivity index (χ1v) is 15.8. The number of hydrogen-bond donors (Lipinski definition) is 0. The molecule has 0 fully saturated rings. The van der Waals surface area contributed by atoms with Gasteiger partial charge in [-0.3, -0.25) is 0 Å². The van der Waals surface area contributed by atoms with E-state index in [4.69, 9.17) is 13.1 Å². The lowest BCUT2D eigenvalue weighted by atomic mass is 9.98. The van der Waals surface area contributed by atoms with Crippen LogP contribution in [-0.2, 0) is 0 Å². The van der Waals surface area contributed by atoms with E-state index in [2.05, 4.69) is 134 Å². The number of nitrogens with zero attached hydrogens (tertiary/aromatic N) is 4. The van der Waals surface area contributed by atoms with Crippen LogP contribution < -0.4 is 0 Å². The Balaban J connectivity index is 1.18. The van der Waals surface area contributed by atoms with E-state index >= 15 is 0 Å². The molecular weight excluding hydrogens is 585 g/mol. The topological polar surface area (TPSA) is 18.6 Å². The van der Waals surface area contributed by atoms with Gasteiger partial charge >= 0.3 is 0 Å². The maximum atomic E-state index is 7.96. The number of hydrogen-bond acceptors (Lipinski definition) is 0. The van der Waals surface area contributed by atoms with Crippen molar-refractivity contribution in [1.82, 2.24) is 9.13 Å². The van der Waals surface area contributed by atoms with Crippen molar-refractivity contribution in [3.8, 4) is 33.6 Å². The van der Waals surface area contributed by atoms with Crippen LogP contribution in [-0.4, -0.2) is 9.13 Å². The predicted molar refractivity (Wildman–Crippen MR) is 199 cm³/mol. The average molecular weight is 611 g/mol. The van der Waals surface area contributed by atoms with E-state index < -0.39 is 0 Å². The van der Waals surface area contributed by atoms with E-state index in [1.54, 1.807) is 0 Å². The highest BCUT2D eigenvalue weighted by Gasteiger charge is 2.19. The van der Waals surface area contributed by atoms with Crippen molar-refractivity contribution in [1.29, 1.82) is 0 Å². The van der Waals surface area contributed by atoms with E-state index in [9.17, 15) is 0 Å². The van der Waals surface area contributed by atoms with Crippen LogP contribution in [0.3, 0.4) is 0 Å². The molecule has 0 aliphatic rings. The molecule has 48 heavy (non-hydrogen) atoms. The molecule has 0 radical (unpaired) electrons. The third-order valence-corrected chi connectivity index (χ3v) is 9.36. The van der Waals surface area contributed by atoms with Gasteiger partial charge in [-0.05, 0) is 58.5 Å². The van der Waals surface area contributed by atoms with E-state index in [0.717, 1.165) is 55.4 Å². The molecule has 4 nitrogen and oxygen atoms in total. The van der Waals surface area contributed by atoms with Crippen molar-refractivity contribution in [3.63, 3.8) is 0 Å². The van der Waals surface area contributed by atoms with Gasteiger partial charge in [0.25, 0.3) is 0 Å². The van der Waals surface area contributed by atoms with Crippen molar-refractivity contribution in [2.24, 2.45) is 0 Å². The summed E-state index contributed by atoms with van der Waals surface area (Å²) >= 11 is 0. The highest BCUT2D eigenvalue weighted by Crippen LogP contribution is 2.41. The molecule has 0 saturated heterocycles. The second-order valence-corrected chi connectivity index (χ2v) is 11.9. The monoisotopic (exact) mass is 610 g/mol. The Morgan fingerprint density at radius 3 is 1.67 bits per heavy atom. The summed E-state index contributed by atoms with van der Waals surface area (Å²) in [5, 5.41) is 4.59. The van der Waals surface area contributed by atoms with Gasteiger partial charge in [-0.15, -0.1) is 0 Å². The van der Waals surface area contributed by atoms with Gasteiger partial charge in [-0.2, -0.15) is 0 Å². The minimum absolute atomic E-state index is 0.554. The fourth-order valence-corrected chi connectivity index (χ4v) is 7.23. The van der Waals surface area contributed by atoms with Gasteiger partial charge in [-0.1, -0.05) is 121 Å². The summed E-state index contributed by atoms with van der Waals surface area (Å²) < 4.78 is 4.50. The number of fused-ring (bicyclic) bond motifs is 6.